The molecule has 122 valence electrons. The molecule has 2 aromatic carbocycles. The molecule has 8 heteroatoms. The Morgan fingerprint density at radius 1 is 1.13 bits per heavy atom. The number of benzene rings is 2. The summed E-state index contributed by atoms with van der Waals surface area (Å²) in [5, 5.41) is 3.00. The summed E-state index contributed by atoms with van der Waals surface area (Å²) in [7, 11) is -1.97. The summed E-state index contributed by atoms with van der Waals surface area (Å²) < 4.78 is 30.1. The molecule has 0 unspecified atom stereocenters. The average molecular weight is 355 g/mol. The van der Waals surface area contributed by atoms with Gasteiger partial charge >= 0.3 is 0 Å². The molecule has 1 amide bonds. The van der Waals surface area contributed by atoms with E-state index in [1.807, 2.05) is 0 Å². The highest BCUT2D eigenvalue weighted by molar-refractivity contribution is 7.92. The Hall–Kier alpha value is -2.25. The second-order valence-corrected chi connectivity index (χ2v) is 6.93. The van der Waals surface area contributed by atoms with E-state index in [0.717, 1.165) is 6.26 Å². The van der Waals surface area contributed by atoms with E-state index in [1.165, 1.54) is 18.2 Å². The molecular weight excluding hydrogens is 340 g/mol. The minimum absolute atomic E-state index is 0.124. The van der Waals surface area contributed by atoms with Crippen molar-refractivity contribution in [2.24, 2.45) is 0 Å². The van der Waals surface area contributed by atoms with Crippen LogP contribution >= 0.6 is 11.6 Å². The molecule has 0 saturated heterocycles. The van der Waals surface area contributed by atoms with Crippen molar-refractivity contribution < 1.29 is 17.9 Å². The van der Waals surface area contributed by atoms with Crippen LogP contribution in [0.4, 0.5) is 11.4 Å². The lowest BCUT2D eigenvalue weighted by atomic mass is 10.1. The Morgan fingerprint density at radius 3 is 2.35 bits per heavy atom. The Balaban J connectivity index is 2.28. The maximum atomic E-state index is 12.4. The number of rotatable bonds is 5. The molecule has 0 heterocycles. The molecule has 2 N–H and O–H groups in total. The molecule has 0 radical (unpaired) electrons. The zero-order valence-corrected chi connectivity index (χ0v) is 14.0. The first-order valence-corrected chi connectivity index (χ1v) is 8.78. The lowest BCUT2D eigenvalue weighted by Gasteiger charge is -2.12. The fraction of sp³-hybridized carbons (Fsp3) is 0.133. The molecule has 6 nitrogen and oxygen atoms in total. The number of nitrogens with one attached hydrogen (secondary N) is 2. The average Bonchev–Trinajstić information content (AvgIpc) is 2.48. The van der Waals surface area contributed by atoms with Gasteiger partial charge in [0.05, 0.1) is 24.6 Å². The Bertz CT molecular complexity index is 820. The van der Waals surface area contributed by atoms with Gasteiger partial charge < -0.3 is 10.1 Å². The quantitative estimate of drug-likeness (QED) is 0.864. The van der Waals surface area contributed by atoms with Crippen molar-refractivity contribution in [2.45, 2.75) is 0 Å². The van der Waals surface area contributed by atoms with Gasteiger partial charge in [0.1, 0.15) is 5.75 Å². The van der Waals surface area contributed by atoms with E-state index in [4.69, 9.17) is 16.3 Å². The second-order valence-electron chi connectivity index (χ2n) is 4.75. The summed E-state index contributed by atoms with van der Waals surface area (Å²) in [6.07, 6.45) is 1.01. The summed E-state index contributed by atoms with van der Waals surface area (Å²) in [5.74, 6) is 0.175. The minimum Gasteiger partial charge on any atom is -0.497 e. The van der Waals surface area contributed by atoms with Crippen LogP contribution in [0.1, 0.15) is 10.4 Å². The fourth-order valence-electron chi connectivity index (χ4n) is 1.87. The van der Waals surface area contributed by atoms with Gasteiger partial charge in [0.2, 0.25) is 10.0 Å². The SMILES string of the molecule is COc1ccc(NC(=O)c2cc(Cl)ccc2NS(C)(=O)=O)cc1. The normalized spacial score (nSPS) is 10.9. The van der Waals surface area contributed by atoms with Gasteiger partial charge in [-0.15, -0.1) is 0 Å². The summed E-state index contributed by atoms with van der Waals surface area (Å²) >= 11 is 5.90. The summed E-state index contributed by atoms with van der Waals surface area (Å²) in [4.78, 5) is 12.4. The van der Waals surface area contributed by atoms with Gasteiger partial charge in [-0.1, -0.05) is 11.6 Å². The standard InChI is InChI=1S/C15H15ClN2O4S/c1-22-12-6-4-11(5-7-12)17-15(19)13-9-10(16)3-8-14(13)18-23(2,20)21/h3-9,18H,1-2H3,(H,17,19). The monoisotopic (exact) mass is 354 g/mol. The van der Waals surface area contributed by atoms with Crippen LogP contribution in [0.3, 0.4) is 0 Å². The Kier molecular flexibility index (Phi) is 5.12. The van der Waals surface area contributed by atoms with Gasteiger partial charge in [-0.25, -0.2) is 8.42 Å². The molecular formula is C15H15ClN2O4S. The molecule has 0 aliphatic carbocycles. The van der Waals surface area contributed by atoms with E-state index < -0.39 is 15.9 Å². The summed E-state index contributed by atoms with van der Waals surface area (Å²) in [5.41, 5.74) is 0.822. The highest BCUT2D eigenvalue weighted by Gasteiger charge is 2.15. The molecule has 2 aromatic rings. The van der Waals surface area contributed by atoms with Gasteiger partial charge in [-0.2, -0.15) is 0 Å². The molecule has 0 aliphatic heterocycles. The van der Waals surface area contributed by atoms with E-state index in [0.29, 0.717) is 16.5 Å². The first kappa shape index (κ1) is 17.1. The van der Waals surface area contributed by atoms with Crippen LogP contribution < -0.4 is 14.8 Å². The first-order valence-electron chi connectivity index (χ1n) is 6.51. The third-order valence-corrected chi connectivity index (χ3v) is 3.70. The van der Waals surface area contributed by atoms with Crippen LogP contribution in [0, 0.1) is 0 Å². The molecule has 0 spiro atoms. The molecule has 0 bridgehead atoms. The molecule has 0 aliphatic rings. The van der Waals surface area contributed by atoms with Crippen molar-refractivity contribution in [3.63, 3.8) is 0 Å². The van der Waals surface area contributed by atoms with Crippen molar-refractivity contribution in [2.75, 3.05) is 23.4 Å². The maximum Gasteiger partial charge on any atom is 0.257 e. The molecule has 0 fully saturated rings. The summed E-state index contributed by atoms with van der Waals surface area (Å²) in [6, 6.07) is 11.1. The summed E-state index contributed by atoms with van der Waals surface area (Å²) in [6.45, 7) is 0. The molecule has 0 atom stereocenters. The van der Waals surface area contributed by atoms with E-state index in [2.05, 4.69) is 10.0 Å². The van der Waals surface area contributed by atoms with Crippen molar-refractivity contribution in [3.8, 4) is 5.75 Å². The van der Waals surface area contributed by atoms with Crippen LogP contribution in [-0.2, 0) is 10.0 Å². The van der Waals surface area contributed by atoms with E-state index in [1.54, 1.807) is 31.4 Å². The number of amides is 1. The smallest absolute Gasteiger partial charge is 0.257 e. The third kappa shape index (κ3) is 4.87. The zero-order valence-electron chi connectivity index (χ0n) is 12.5. The highest BCUT2D eigenvalue weighted by Crippen LogP contribution is 2.23. The largest absolute Gasteiger partial charge is 0.497 e. The van der Waals surface area contributed by atoms with E-state index in [-0.39, 0.29) is 11.3 Å². The Labute approximate surface area is 139 Å². The van der Waals surface area contributed by atoms with Gasteiger partial charge in [-0.05, 0) is 42.5 Å². The van der Waals surface area contributed by atoms with Gasteiger partial charge in [-0.3, -0.25) is 9.52 Å². The number of carbonyl (C=O) groups is 1. The zero-order chi connectivity index (χ0) is 17.0. The van der Waals surface area contributed by atoms with Crippen molar-refractivity contribution >= 4 is 38.9 Å². The van der Waals surface area contributed by atoms with E-state index in [9.17, 15) is 13.2 Å². The number of halogens is 1. The number of anilines is 2. The van der Waals surface area contributed by atoms with Crippen LogP contribution in [0.2, 0.25) is 5.02 Å². The third-order valence-electron chi connectivity index (χ3n) is 2.87. The number of sulfonamides is 1. The lowest BCUT2D eigenvalue weighted by molar-refractivity contribution is 0.102. The molecule has 23 heavy (non-hydrogen) atoms. The van der Waals surface area contributed by atoms with Crippen molar-refractivity contribution in [1.29, 1.82) is 0 Å². The number of ether oxygens (including phenoxy) is 1. The second kappa shape index (κ2) is 6.89. The number of carbonyl (C=O) groups excluding carboxylic acids is 1. The lowest BCUT2D eigenvalue weighted by Crippen LogP contribution is -2.17. The predicted octanol–water partition coefficient (Wildman–Crippen LogP) is 2.97. The van der Waals surface area contributed by atoms with Crippen molar-refractivity contribution in [3.05, 3.63) is 53.1 Å². The number of methoxy groups -OCH3 is 1. The van der Waals surface area contributed by atoms with Crippen LogP contribution in [-0.4, -0.2) is 27.7 Å². The minimum atomic E-state index is -3.52. The fourth-order valence-corrected chi connectivity index (χ4v) is 2.62. The van der Waals surface area contributed by atoms with Gasteiger partial charge in [0.15, 0.2) is 0 Å². The van der Waals surface area contributed by atoms with Crippen LogP contribution in [0.25, 0.3) is 0 Å². The number of hydrogen-bond donors (Lipinski definition) is 2. The molecule has 0 aromatic heterocycles. The molecule has 0 saturated carbocycles. The van der Waals surface area contributed by atoms with Crippen LogP contribution in [0.15, 0.2) is 42.5 Å². The molecule has 2 rings (SSSR count). The predicted molar refractivity (Wildman–Crippen MR) is 90.9 cm³/mol. The highest BCUT2D eigenvalue weighted by atomic mass is 35.5. The van der Waals surface area contributed by atoms with Gasteiger partial charge in [0, 0.05) is 10.7 Å². The maximum absolute atomic E-state index is 12.4. The van der Waals surface area contributed by atoms with Crippen molar-refractivity contribution in [1.82, 2.24) is 0 Å². The number of hydrogen-bond acceptors (Lipinski definition) is 4. The Morgan fingerprint density at radius 2 is 1.78 bits per heavy atom. The van der Waals surface area contributed by atoms with Gasteiger partial charge in [0.25, 0.3) is 5.91 Å². The first-order chi connectivity index (χ1) is 10.8. The van der Waals surface area contributed by atoms with Crippen LogP contribution in [0.5, 0.6) is 5.75 Å². The van der Waals surface area contributed by atoms with E-state index >= 15 is 0 Å². The topological polar surface area (TPSA) is 84.5 Å².